The molecule has 0 radical (unpaired) electrons. The molecule has 120 valence electrons. The van der Waals surface area contributed by atoms with E-state index in [4.69, 9.17) is 0 Å². The molecule has 5 nitrogen and oxygen atoms in total. The lowest BCUT2D eigenvalue weighted by atomic mass is 9.99. The van der Waals surface area contributed by atoms with E-state index in [1.807, 2.05) is 24.2 Å². The van der Waals surface area contributed by atoms with Crippen LogP contribution < -0.4 is 0 Å². The van der Waals surface area contributed by atoms with E-state index in [2.05, 4.69) is 28.7 Å². The van der Waals surface area contributed by atoms with Crippen molar-refractivity contribution in [3.63, 3.8) is 0 Å². The van der Waals surface area contributed by atoms with Gasteiger partial charge < -0.3 is 4.90 Å². The van der Waals surface area contributed by atoms with Gasteiger partial charge >= 0.3 is 0 Å². The van der Waals surface area contributed by atoms with Gasteiger partial charge in [0.15, 0.2) is 0 Å². The third-order valence-electron chi connectivity index (χ3n) is 4.92. The van der Waals surface area contributed by atoms with Gasteiger partial charge in [0.05, 0.1) is 11.6 Å². The van der Waals surface area contributed by atoms with Crippen LogP contribution in [-0.2, 0) is 11.3 Å². The molecule has 1 aromatic rings. The highest BCUT2D eigenvalue weighted by Gasteiger charge is 2.36. The van der Waals surface area contributed by atoms with E-state index in [1.54, 1.807) is 0 Å². The predicted octanol–water partition coefficient (Wildman–Crippen LogP) is 2.04. The van der Waals surface area contributed by atoms with Crippen LogP contribution in [0.1, 0.15) is 50.5 Å². The van der Waals surface area contributed by atoms with E-state index in [9.17, 15) is 4.79 Å². The molecule has 1 amide bonds. The number of carbonyl (C=O) groups is 1. The van der Waals surface area contributed by atoms with Crippen molar-refractivity contribution in [1.29, 1.82) is 0 Å². The highest BCUT2D eigenvalue weighted by atomic mass is 16.2. The first-order valence-electron chi connectivity index (χ1n) is 8.35. The zero-order chi connectivity index (χ0) is 15.7. The standard InChI is InChI=1S/C17H26N4O/c1-12(2)16-18-8-7-14(19-16)10-21-9-13-5-4-6-15(11-21)20(3)17(13)22/h7-8,12-13,15H,4-6,9-11H2,1-3H3/t13-,15+/m1/s1. The Labute approximate surface area is 132 Å². The molecule has 0 unspecified atom stereocenters. The minimum Gasteiger partial charge on any atom is -0.341 e. The molecular weight excluding hydrogens is 276 g/mol. The molecule has 0 N–H and O–H groups in total. The first-order chi connectivity index (χ1) is 10.5. The van der Waals surface area contributed by atoms with Crippen molar-refractivity contribution < 1.29 is 4.79 Å². The highest BCUT2D eigenvalue weighted by molar-refractivity contribution is 5.79. The fourth-order valence-corrected chi connectivity index (χ4v) is 3.59. The number of rotatable bonds is 3. The Kier molecular flexibility index (Phi) is 4.43. The lowest BCUT2D eigenvalue weighted by Gasteiger charge is -2.29. The summed E-state index contributed by atoms with van der Waals surface area (Å²) in [5.41, 5.74) is 1.06. The summed E-state index contributed by atoms with van der Waals surface area (Å²) in [6.45, 7) is 6.86. The lowest BCUT2D eigenvalue weighted by molar-refractivity contribution is -0.134. The second kappa shape index (κ2) is 6.32. The number of hydrogen-bond acceptors (Lipinski definition) is 4. The molecule has 2 bridgehead atoms. The zero-order valence-corrected chi connectivity index (χ0v) is 13.8. The number of likely N-dealkylation sites (tertiary alicyclic amines) is 1. The van der Waals surface area contributed by atoms with E-state index >= 15 is 0 Å². The first kappa shape index (κ1) is 15.4. The number of carbonyl (C=O) groups excluding carboxylic acids is 1. The molecule has 0 aliphatic carbocycles. The average Bonchev–Trinajstić information content (AvgIpc) is 2.66. The minimum absolute atomic E-state index is 0.156. The molecule has 3 rings (SSSR count). The van der Waals surface area contributed by atoms with E-state index in [-0.39, 0.29) is 5.92 Å². The minimum atomic E-state index is 0.156. The number of nitrogens with zero attached hydrogens (tertiary/aromatic N) is 4. The molecule has 0 spiro atoms. The van der Waals surface area contributed by atoms with Crippen molar-refractivity contribution in [2.45, 2.75) is 51.6 Å². The molecule has 2 aliphatic rings. The zero-order valence-electron chi connectivity index (χ0n) is 13.8. The summed E-state index contributed by atoms with van der Waals surface area (Å²) in [7, 11) is 1.97. The molecule has 2 atom stereocenters. The van der Waals surface area contributed by atoms with Crippen molar-refractivity contribution in [1.82, 2.24) is 19.8 Å². The van der Waals surface area contributed by atoms with Crippen LogP contribution in [0, 0.1) is 5.92 Å². The van der Waals surface area contributed by atoms with Crippen molar-refractivity contribution in [3.05, 3.63) is 23.8 Å². The molecule has 2 fully saturated rings. The molecule has 22 heavy (non-hydrogen) atoms. The normalized spacial score (nSPS) is 26.4. The number of likely N-dealkylation sites (N-methyl/N-ethyl adjacent to an activating group) is 1. The Morgan fingerprint density at radius 1 is 1.32 bits per heavy atom. The van der Waals surface area contributed by atoms with Crippen molar-refractivity contribution >= 4 is 5.91 Å². The summed E-state index contributed by atoms with van der Waals surface area (Å²) in [5, 5.41) is 0. The molecule has 3 heterocycles. The Morgan fingerprint density at radius 2 is 2.14 bits per heavy atom. The van der Waals surface area contributed by atoms with Gasteiger partial charge in [0.1, 0.15) is 5.82 Å². The molecule has 2 saturated heterocycles. The maximum Gasteiger partial charge on any atom is 0.227 e. The van der Waals surface area contributed by atoms with Crippen LogP contribution in [0.25, 0.3) is 0 Å². The van der Waals surface area contributed by atoms with Gasteiger partial charge in [0.25, 0.3) is 0 Å². The number of hydrogen-bond donors (Lipinski definition) is 0. The monoisotopic (exact) mass is 302 g/mol. The summed E-state index contributed by atoms with van der Waals surface area (Å²) in [5.74, 6) is 1.73. The van der Waals surface area contributed by atoms with E-state index in [0.717, 1.165) is 44.0 Å². The summed E-state index contributed by atoms with van der Waals surface area (Å²) in [4.78, 5) is 25.8. The number of fused-ring (bicyclic) bond motifs is 3. The second-order valence-electron chi connectivity index (χ2n) is 6.99. The van der Waals surface area contributed by atoms with E-state index < -0.39 is 0 Å². The van der Waals surface area contributed by atoms with Crippen LogP contribution in [0.2, 0.25) is 0 Å². The van der Waals surface area contributed by atoms with Gasteiger partial charge in [-0.25, -0.2) is 9.97 Å². The lowest BCUT2D eigenvalue weighted by Crippen LogP contribution is -2.40. The van der Waals surface area contributed by atoms with Crippen molar-refractivity contribution in [2.24, 2.45) is 5.92 Å². The highest BCUT2D eigenvalue weighted by Crippen LogP contribution is 2.27. The van der Waals surface area contributed by atoms with Crippen LogP contribution in [0.3, 0.4) is 0 Å². The largest absolute Gasteiger partial charge is 0.341 e. The molecule has 0 saturated carbocycles. The predicted molar refractivity (Wildman–Crippen MR) is 85.3 cm³/mol. The molecule has 0 aromatic carbocycles. The third-order valence-corrected chi connectivity index (χ3v) is 4.92. The fraction of sp³-hybridized carbons (Fsp3) is 0.706. The van der Waals surface area contributed by atoms with Crippen LogP contribution in [-0.4, -0.2) is 51.9 Å². The Morgan fingerprint density at radius 3 is 2.91 bits per heavy atom. The molecule has 2 aliphatic heterocycles. The molecule has 5 heteroatoms. The van der Waals surface area contributed by atoms with Gasteiger partial charge in [0, 0.05) is 44.8 Å². The summed E-state index contributed by atoms with van der Waals surface area (Å²) < 4.78 is 0. The average molecular weight is 302 g/mol. The Bertz CT molecular complexity index is 545. The number of aromatic nitrogens is 2. The fourth-order valence-electron chi connectivity index (χ4n) is 3.59. The van der Waals surface area contributed by atoms with Crippen LogP contribution in [0.15, 0.2) is 12.3 Å². The summed E-state index contributed by atoms with van der Waals surface area (Å²) >= 11 is 0. The Hall–Kier alpha value is -1.49. The third kappa shape index (κ3) is 3.14. The van der Waals surface area contributed by atoms with E-state index in [0.29, 0.717) is 17.9 Å². The summed E-state index contributed by atoms with van der Waals surface area (Å²) in [6, 6.07) is 2.35. The second-order valence-corrected chi connectivity index (χ2v) is 6.99. The topological polar surface area (TPSA) is 49.3 Å². The maximum atomic E-state index is 12.4. The molecule has 1 aromatic heterocycles. The van der Waals surface area contributed by atoms with Gasteiger partial charge in [-0.1, -0.05) is 20.3 Å². The van der Waals surface area contributed by atoms with Crippen LogP contribution in [0.5, 0.6) is 0 Å². The first-order valence-corrected chi connectivity index (χ1v) is 8.35. The maximum absolute atomic E-state index is 12.4. The van der Waals surface area contributed by atoms with Crippen LogP contribution in [0.4, 0.5) is 0 Å². The van der Waals surface area contributed by atoms with Gasteiger partial charge in [-0.2, -0.15) is 0 Å². The van der Waals surface area contributed by atoms with Crippen molar-refractivity contribution in [3.8, 4) is 0 Å². The Balaban J connectivity index is 1.76. The van der Waals surface area contributed by atoms with Gasteiger partial charge in [-0.3, -0.25) is 9.69 Å². The van der Waals surface area contributed by atoms with Gasteiger partial charge in [-0.15, -0.1) is 0 Å². The van der Waals surface area contributed by atoms with Crippen molar-refractivity contribution in [2.75, 3.05) is 20.1 Å². The van der Waals surface area contributed by atoms with E-state index in [1.165, 1.54) is 6.42 Å². The van der Waals surface area contributed by atoms with Gasteiger partial charge in [0.2, 0.25) is 5.91 Å². The van der Waals surface area contributed by atoms with Gasteiger partial charge in [-0.05, 0) is 18.9 Å². The smallest absolute Gasteiger partial charge is 0.227 e. The quantitative estimate of drug-likeness (QED) is 0.857. The number of amides is 1. The SMILES string of the molecule is CC(C)c1nccc(CN2C[C@H]3CCC[C@@H](C2)N(C)C3=O)n1. The summed E-state index contributed by atoms with van der Waals surface area (Å²) in [6.07, 6.45) is 5.17. The van der Waals surface area contributed by atoms with Crippen LogP contribution >= 0.6 is 0 Å². The molecular formula is C17H26N4O.